The highest BCUT2D eigenvalue weighted by Crippen LogP contribution is 2.60. The van der Waals surface area contributed by atoms with Crippen LogP contribution in [0.15, 0.2) is 47.4 Å². The van der Waals surface area contributed by atoms with Gasteiger partial charge in [-0.25, -0.2) is 22.9 Å². The monoisotopic (exact) mass is 606 g/mol. The van der Waals surface area contributed by atoms with E-state index in [0.717, 1.165) is 34.7 Å². The number of anilines is 1. The van der Waals surface area contributed by atoms with Gasteiger partial charge in [0, 0.05) is 23.2 Å². The van der Waals surface area contributed by atoms with Gasteiger partial charge >= 0.3 is 5.97 Å². The van der Waals surface area contributed by atoms with E-state index >= 15 is 0 Å². The number of nitrogens with zero attached hydrogens (tertiary/aromatic N) is 2. The highest BCUT2D eigenvalue weighted by atomic mass is 32.2. The van der Waals surface area contributed by atoms with Crippen LogP contribution in [0.4, 0.5) is 5.95 Å². The quantitative estimate of drug-likeness (QED) is 0.211. The average Bonchev–Trinajstić information content (AvgIpc) is 3.72. The molecule has 9 nitrogen and oxygen atoms in total. The lowest BCUT2D eigenvalue weighted by Gasteiger charge is -2.39. The summed E-state index contributed by atoms with van der Waals surface area (Å²) in [5.41, 5.74) is 4.79. The molecular weight excluding hydrogens is 564 g/mol. The number of aromatic carboxylic acids is 1. The van der Waals surface area contributed by atoms with Crippen molar-refractivity contribution >= 4 is 21.9 Å². The normalized spacial score (nSPS) is 16.6. The molecule has 0 aliphatic heterocycles. The van der Waals surface area contributed by atoms with Gasteiger partial charge < -0.3 is 15.2 Å². The van der Waals surface area contributed by atoms with E-state index in [-0.39, 0.29) is 22.4 Å². The predicted molar refractivity (Wildman–Crippen MR) is 167 cm³/mol. The van der Waals surface area contributed by atoms with Crippen LogP contribution in [0.1, 0.15) is 79.9 Å². The Bertz CT molecular complexity index is 1590. The van der Waals surface area contributed by atoms with E-state index < -0.39 is 16.0 Å². The number of sulfonamides is 1. The molecule has 2 aromatic carbocycles. The molecule has 0 saturated heterocycles. The van der Waals surface area contributed by atoms with Crippen LogP contribution in [0, 0.1) is 25.2 Å². The second-order valence-electron chi connectivity index (χ2n) is 12.6. The molecule has 1 spiro atoms. The Morgan fingerprint density at radius 3 is 2.37 bits per heavy atom. The first-order valence-corrected chi connectivity index (χ1v) is 16.6. The zero-order valence-electron chi connectivity index (χ0n) is 25.6. The van der Waals surface area contributed by atoms with Crippen molar-refractivity contribution in [2.45, 2.75) is 90.1 Å². The minimum Gasteiger partial charge on any atom is -0.478 e. The smallest absolute Gasteiger partial charge is 0.335 e. The Labute approximate surface area is 254 Å². The average molecular weight is 607 g/mol. The lowest BCUT2D eigenvalue weighted by Crippen LogP contribution is -2.49. The molecule has 0 amide bonds. The van der Waals surface area contributed by atoms with Crippen LogP contribution >= 0.6 is 0 Å². The van der Waals surface area contributed by atoms with E-state index in [9.17, 15) is 18.3 Å². The molecule has 1 atom stereocenters. The van der Waals surface area contributed by atoms with E-state index in [1.165, 1.54) is 43.9 Å². The van der Waals surface area contributed by atoms with Gasteiger partial charge in [0.15, 0.2) is 0 Å². The van der Waals surface area contributed by atoms with E-state index in [1.54, 1.807) is 0 Å². The van der Waals surface area contributed by atoms with Crippen molar-refractivity contribution in [3.8, 4) is 17.1 Å². The highest BCUT2D eigenvalue weighted by Gasteiger charge is 2.53. The van der Waals surface area contributed by atoms with Crippen molar-refractivity contribution in [2.24, 2.45) is 11.3 Å². The first-order valence-electron chi connectivity index (χ1n) is 15.1. The first kappa shape index (κ1) is 30.9. The Morgan fingerprint density at radius 1 is 1.09 bits per heavy atom. The summed E-state index contributed by atoms with van der Waals surface area (Å²) in [7, 11) is -4.20. The maximum absolute atomic E-state index is 13.4. The summed E-state index contributed by atoms with van der Waals surface area (Å²) < 4.78 is 35.7. The van der Waals surface area contributed by atoms with Crippen LogP contribution < -0.4 is 14.8 Å². The number of carboxylic acids is 1. The Morgan fingerprint density at radius 2 is 1.77 bits per heavy atom. The zero-order valence-corrected chi connectivity index (χ0v) is 26.4. The van der Waals surface area contributed by atoms with E-state index in [0.29, 0.717) is 42.0 Å². The topological polar surface area (TPSA) is 131 Å². The summed E-state index contributed by atoms with van der Waals surface area (Å²) in [5.74, 6) is -0.530. The Kier molecular flexibility index (Phi) is 8.81. The molecule has 0 unspecified atom stereocenters. The summed E-state index contributed by atoms with van der Waals surface area (Å²) in [6, 6.07) is 11.8. The number of aryl methyl sites for hydroxylation is 2. The number of benzene rings is 2. The molecule has 3 aromatic rings. The van der Waals surface area contributed by atoms with E-state index in [1.807, 2.05) is 39.0 Å². The molecule has 2 aliphatic rings. The molecule has 230 valence electrons. The minimum atomic E-state index is -4.20. The summed E-state index contributed by atoms with van der Waals surface area (Å²) in [6.45, 7) is 10.8. The predicted octanol–water partition coefficient (Wildman–Crippen LogP) is 6.15. The van der Waals surface area contributed by atoms with Gasteiger partial charge in [-0.1, -0.05) is 45.0 Å². The fraction of sp³-hybridized carbons (Fsp3) is 0.485. The SMILES string of the molecule is CCc1c(OC[C@@H](CC(C)C)NC2CC3(CC3)C2)nc(NS(=O)(=O)c2cccc(C(=O)O)c2)nc1-c1c(C)cccc1C. The number of nitrogens with one attached hydrogen (secondary N) is 2. The molecule has 3 N–H and O–H groups in total. The van der Waals surface area contributed by atoms with Gasteiger partial charge in [-0.05, 0) is 93.0 Å². The van der Waals surface area contributed by atoms with E-state index in [4.69, 9.17) is 9.72 Å². The van der Waals surface area contributed by atoms with Crippen LogP contribution in [0.25, 0.3) is 11.3 Å². The molecule has 0 radical (unpaired) electrons. The third-order valence-corrected chi connectivity index (χ3v) is 9.95. The second-order valence-corrected chi connectivity index (χ2v) is 14.3. The molecule has 2 saturated carbocycles. The van der Waals surface area contributed by atoms with Crippen LogP contribution in [0.3, 0.4) is 0 Å². The maximum atomic E-state index is 13.4. The number of rotatable bonds is 13. The molecular formula is C33H42N4O5S. The van der Waals surface area contributed by atoms with Gasteiger partial charge in [-0.2, -0.15) is 4.98 Å². The van der Waals surface area contributed by atoms with Gasteiger partial charge in [-0.3, -0.25) is 0 Å². The lowest BCUT2D eigenvalue weighted by atomic mass is 9.76. The second kappa shape index (κ2) is 12.2. The molecule has 10 heteroatoms. The maximum Gasteiger partial charge on any atom is 0.335 e. The fourth-order valence-electron chi connectivity index (χ4n) is 6.27. The summed E-state index contributed by atoms with van der Waals surface area (Å²) in [5, 5.41) is 13.2. The molecule has 2 fully saturated rings. The number of hydrogen-bond donors (Lipinski definition) is 3. The van der Waals surface area contributed by atoms with Gasteiger partial charge in [0.05, 0.1) is 16.2 Å². The third kappa shape index (κ3) is 7.02. The van der Waals surface area contributed by atoms with Crippen molar-refractivity contribution in [3.63, 3.8) is 0 Å². The van der Waals surface area contributed by atoms with Crippen molar-refractivity contribution in [2.75, 3.05) is 11.3 Å². The van der Waals surface area contributed by atoms with Gasteiger partial charge in [0.2, 0.25) is 11.8 Å². The van der Waals surface area contributed by atoms with Gasteiger partial charge in [-0.15, -0.1) is 0 Å². The zero-order chi connectivity index (χ0) is 30.9. The molecule has 5 rings (SSSR count). The van der Waals surface area contributed by atoms with Crippen molar-refractivity contribution in [3.05, 3.63) is 64.7 Å². The Balaban J connectivity index is 1.49. The number of aromatic nitrogens is 2. The number of hydrogen-bond acceptors (Lipinski definition) is 7. The van der Waals surface area contributed by atoms with Crippen LogP contribution in [0.2, 0.25) is 0 Å². The van der Waals surface area contributed by atoms with Crippen LogP contribution in [-0.2, 0) is 16.4 Å². The van der Waals surface area contributed by atoms with Crippen LogP contribution in [0.5, 0.6) is 5.88 Å². The molecule has 43 heavy (non-hydrogen) atoms. The summed E-state index contributed by atoms with van der Waals surface area (Å²) in [4.78, 5) is 20.6. The number of ether oxygens (including phenoxy) is 1. The van der Waals surface area contributed by atoms with Gasteiger partial charge in [0.25, 0.3) is 10.0 Å². The summed E-state index contributed by atoms with van der Waals surface area (Å²) in [6.07, 6.45) is 6.66. The minimum absolute atomic E-state index is 0.128. The highest BCUT2D eigenvalue weighted by molar-refractivity contribution is 7.92. The summed E-state index contributed by atoms with van der Waals surface area (Å²) >= 11 is 0. The molecule has 1 heterocycles. The molecule has 0 bridgehead atoms. The fourth-order valence-corrected chi connectivity index (χ4v) is 7.26. The Hall–Kier alpha value is -3.50. The van der Waals surface area contributed by atoms with Gasteiger partial charge in [0.1, 0.15) is 6.61 Å². The number of carbonyl (C=O) groups is 1. The standard InChI is InChI=1S/C33H42N4O5S/c1-6-27-29(28-21(4)9-7-10-22(28)5)35-32(37-43(40,41)26-12-8-11-23(16-26)31(38)39)36-30(27)42-19-24(15-20(2)3)34-25-17-33(18-25)13-14-33/h7-12,16,20,24-25,34H,6,13-15,17-19H2,1-5H3,(H,38,39)(H,35,36,37)/t24-/m1/s1. The van der Waals surface area contributed by atoms with Crippen molar-refractivity contribution in [1.29, 1.82) is 0 Å². The lowest BCUT2D eigenvalue weighted by molar-refractivity contribution is 0.0696. The molecule has 1 aromatic heterocycles. The number of carboxylic acid groups (broad SMARTS) is 1. The van der Waals surface area contributed by atoms with Crippen LogP contribution in [-0.4, -0.2) is 48.2 Å². The van der Waals surface area contributed by atoms with Crippen molar-refractivity contribution in [1.82, 2.24) is 15.3 Å². The largest absolute Gasteiger partial charge is 0.478 e. The molecule has 2 aliphatic carbocycles. The third-order valence-electron chi connectivity index (χ3n) is 8.62. The van der Waals surface area contributed by atoms with Crippen molar-refractivity contribution < 1.29 is 23.1 Å². The first-order chi connectivity index (χ1) is 20.4. The van der Waals surface area contributed by atoms with E-state index in [2.05, 4.69) is 28.9 Å².